The van der Waals surface area contributed by atoms with Gasteiger partial charge in [-0.3, -0.25) is 4.74 Å². The van der Waals surface area contributed by atoms with Crippen molar-refractivity contribution in [2.45, 2.75) is 11.6 Å². The number of benzene rings is 4. The Bertz CT molecular complexity index is 1740. The average molecular weight is 575 g/mol. The van der Waals surface area contributed by atoms with E-state index in [1.807, 2.05) is 0 Å². The van der Waals surface area contributed by atoms with Crippen molar-refractivity contribution >= 4 is 34.2 Å². The maximum absolute atomic E-state index is 13.2. The van der Waals surface area contributed by atoms with Crippen LogP contribution in [0.5, 0.6) is 23.0 Å². The van der Waals surface area contributed by atoms with Crippen LogP contribution in [0.15, 0.2) is 109 Å². The first-order valence-corrected chi connectivity index (χ1v) is 13.2. The minimum absolute atomic E-state index is 0.00657. The Morgan fingerprint density at radius 2 is 0.698 bits per heavy atom. The van der Waals surface area contributed by atoms with Crippen molar-refractivity contribution < 1.29 is 44.2 Å². The third-order valence-electron chi connectivity index (χ3n) is 7.59. The van der Waals surface area contributed by atoms with Crippen LogP contribution in [-0.4, -0.2) is 43.9 Å². The van der Waals surface area contributed by atoms with E-state index in [2.05, 4.69) is 0 Å². The van der Waals surface area contributed by atoms with Crippen molar-refractivity contribution in [3.63, 3.8) is 0 Å². The average Bonchev–Trinajstić information content (AvgIpc) is 3.59. The molecule has 4 N–H and O–H groups in total. The lowest BCUT2D eigenvalue weighted by Crippen LogP contribution is -2.41. The molecule has 0 saturated carbocycles. The minimum Gasteiger partial charge on any atom is -0.508 e. The quantitative estimate of drug-likeness (QED) is 0.244. The van der Waals surface area contributed by atoms with Gasteiger partial charge in [0.2, 0.25) is 0 Å². The molecular weight excluding hydrogens is 552 g/mol. The van der Waals surface area contributed by atoms with E-state index >= 15 is 0 Å². The molecule has 0 saturated heterocycles. The molecule has 9 heteroatoms. The normalized spacial score (nSPS) is 22.6. The molecule has 0 aliphatic carbocycles. The maximum Gasteiger partial charge on any atom is 0.334 e. The maximum atomic E-state index is 13.2. The Hall–Kier alpha value is -5.80. The van der Waals surface area contributed by atoms with Crippen LogP contribution in [0.4, 0.5) is 0 Å². The fraction of sp³-hybridized carbons (Fsp3) is 0.0588. The van der Waals surface area contributed by atoms with Crippen molar-refractivity contribution in [1.82, 2.24) is 0 Å². The van der Waals surface area contributed by atoms with Crippen molar-refractivity contribution in [3.8, 4) is 23.0 Å². The fourth-order valence-corrected chi connectivity index (χ4v) is 5.79. The van der Waals surface area contributed by atoms with Crippen molar-refractivity contribution in [2.24, 2.45) is 0 Å². The van der Waals surface area contributed by atoms with E-state index in [0.29, 0.717) is 33.4 Å². The highest BCUT2D eigenvalue weighted by atomic mass is 16.8. The summed E-state index contributed by atoms with van der Waals surface area (Å²) in [6.45, 7) is 0. The van der Waals surface area contributed by atoms with E-state index < -0.39 is 23.5 Å². The summed E-state index contributed by atoms with van der Waals surface area (Å²) >= 11 is 0. The molecule has 0 amide bonds. The number of rotatable bonds is 4. The van der Waals surface area contributed by atoms with Gasteiger partial charge < -0.3 is 29.9 Å². The minimum atomic E-state index is -1.97. The lowest BCUT2D eigenvalue weighted by Gasteiger charge is -2.34. The molecule has 4 aromatic carbocycles. The topological polar surface area (TPSA) is 143 Å². The lowest BCUT2D eigenvalue weighted by atomic mass is 9.81. The second-order valence-corrected chi connectivity index (χ2v) is 10.2. The molecule has 3 aliphatic heterocycles. The van der Waals surface area contributed by atoms with Gasteiger partial charge in [-0.25, -0.2) is 9.59 Å². The molecule has 7 rings (SSSR count). The van der Waals surface area contributed by atoms with Crippen LogP contribution in [0.3, 0.4) is 0 Å². The van der Waals surface area contributed by atoms with Crippen molar-refractivity contribution in [3.05, 3.63) is 131 Å². The summed E-state index contributed by atoms with van der Waals surface area (Å²) in [5.41, 5.74) is 3.10. The first-order chi connectivity index (χ1) is 20.7. The number of hydrogen-bond donors (Lipinski definition) is 4. The smallest absolute Gasteiger partial charge is 0.334 e. The molecule has 0 unspecified atom stereocenters. The monoisotopic (exact) mass is 574 g/mol. The molecule has 0 fully saturated rings. The van der Waals surface area contributed by atoms with E-state index in [9.17, 15) is 30.0 Å². The van der Waals surface area contributed by atoms with Crippen molar-refractivity contribution in [2.75, 3.05) is 0 Å². The summed E-state index contributed by atoms with van der Waals surface area (Å²) in [7, 11) is 0. The Kier molecular flexibility index (Phi) is 5.69. The molecule has 9 nitrogen and oxygen atoms in total. The number of aromatic hydroxyl groups is 4. The van der Waals surface area contributed by atoms with Gasteiger partial charge in [0, 0.05) is 34.4 Å². The molecule has 0 bridgehead atoms. The number of hydrogen-bond acceptors (Lipinski definition) is 9. The molecule has 4 aromatic rings. The van der Waals surface area contributed by atoms with Gasteiger partial charge in [0.15, 0.2) is 0 Å². The molecule has 43 heavy (non-hydrogen) atoms. The second-order valence-electron chi connectivity index (χ2n) is 10.2. The van der Waals surface area contributed by atoms with Gasteiger partial charge in [0.25, 0.3) is 11.6 Å². The predicted molar refractivity (Wildman–Crippen MR) is 154 cm³/mol. The molecule has 0 aromatic heterocycles. The highest BCUT2D eigenvalue weighted by molar-refractivity contribution is 6.16. The van der Waals surface area contributed by atoms with Crippen LogP contribution in [0.2, 0.25) is 0 Å². The second kappa shape index (κ2) is 9.37. The Labute approximate surface area is 244 Å². The SMILES string of the molecule is O=C1C=C(c2ccc(O)cc2)[C@@]2(O1)O[C@@]1(OC(=O)C=C1c1ccc(O)cc1)C(c1ccc(O)cc1)=C2c1ccc(O)cc1. The summed E-state index contributed by atoms with van der Waals surface area (Å²) < 4.78 is 19.0. The summed E-state index contributed by atoms with van der Waals surface area (Å²) in [5.74, 6) is -5.39. The third kappa shape index (κ3) is 4.05. The fourth-order valence-electron chi connectivity index (χ4n) is 5.79. The number of carbonyl (C=O) groups is 2. The van der Waals surface area contributed by atoms with Gasteiger partial charge in [0.1, 0.15) is 23.0 Å². The van der Waals surface area contributed by atoms with Crippen LogP contribution in [-0.2, 0) is 23.8 Å². The van der Waals surface area contributed by atoms with E-state index in [0.717, 1.165) is 0 Å². The zero-order chi connectivity index (χ0) is 29.9. The molecule has 3 aliphatic rings. The predicted octanol–water partition coefficient (Wildman–Crippen LogP) is 5.12. The summed E-state index contributed by atoms with van der Waals surface area (Å²) in [6, 6.07) is 24.6. The largest absolute Gasteiger partial charge is 0.508 e. The zero-order valence-corrected chi connectivity index (χ0v) is 22.2. The van der Waals surface area contributed by atoms with Crippen LogP contribution in [0.1, 0.15) is 22.3 Å². The standard InChI is InChI=1S/C34H22O9/c35-23-9-1-19(2-10-23)27-17-29(39)41-33(27)31(21-5-13-25(37)14-6-21)32(22-7-15-26(38)16-8-22)34(43-33)28(18-30(40)42-34)20-3-11-24(36)12-4-20/h1-18,35-38H/t33-,34-/m1/s1. The number of phenolic OH excluding ortho intramolecular Hbond substituents is 4. The van der Waals surface area contributed by atoms with Gasteiger partial charge in [-0.1, -0.05) is 48.5 Å². The van der Waals surface area contributed by atoms with E-state index in [-0.39, 0.29) is 34.1 Å². The molecular formula is C34H22O9. The zero-order valence-electron chi connectivity index (χ0n) is 22.2. The molecule has 3 heterocycles. The number of esters is 2. The Balaban J connectivity index is 1.59. The molecule has 2 atom stereocenters. The van der Waals surface area contributed by atoms with Crippen LogP contribution in [0, 0.1) is 0 Å². The van der Waals surface area contributed by atoms with Crippen LogP contribution >= 0.6 is 0 Å². The summed E-state index contributed by atoms with van der Waals surface area (Å²) in [6.07, 6.45) is 2.56. The van der Waals surface area contributed by atoms with Crippen molar-refractivity contribution in [1.29, 1.82) is 0 Å². The molecule has 2 spiro atoms. The highest BCUT2D eigenvalue weighted by Crippen LogP contribution is 2.63. The Morgan fingerprint density at radius 3 is 1.00 bits per heavy atom. The first kappa shape index (κ1) is 26.1. The number of carbonyl (C=O) groups excluding carboxylic acids is 2. The van der Waals surface area contributed by atoms with Gasteiger partial charge in [-0.15, -0.1) is 0 Å². The van der Waals surface area contributed by atoms with Gasteiger partial charge in [-0.05, 0) is 70.8 Å². The van der Waals surface area contributed by atoms with Gasteiger partial charge >= 0.3 is 11.9 Å². The van der Waals surface area contributed by atoms with E-state index in [1.165, 1.54) is 60.7 Å². The summed E-state index contributed by atoms with van der Waals surface area (Å²) in [5, 5.41) is 40.2. The van der Waals surface area contributed by atoms with E-state index in [1.54, 1.807) is 48.5 Å². The summed E-state index contributed by atoms with van der Waals surface area (Å²) in [4.78, 5) is 26.3. The number of phenols is 4. The molecule has 0 radical (unpaired) electrons. The highest BCUT2D eigenvalue weighted by Gasteiger charge is 2.67. The molecule has 212 valence electrons. The van der Waals surface area contributed by atoms with Gasteiger partial charge in [-0.2, -0.15) is 0 Å². The van der Waals surface area contributed by atoms with Crippen LogP contribution < -0.4 is 0 Å². The third-order valence-corrected chi connectivity index (χ3v) is 7.59. The number of ether oxygens (including phenoxy) is 3. The van der Waals surface area contributed by atoms with Crippen LogP contribution in [0.25, 0.3) is 22.3 Å². The Morgan fingerprint density at radius 1 is 0.419 bits per heavy atom. The van der Waals surface area contributed by atoms with E-state index in [4.69, 9.17) is 14.2 Å². The van der Waals surface area contributed by atoms with Gasteiger partial charge in [0.05, 0.1) is 0 Å². The lowest BCUT2D eigenvalue weighted by molar-refractivity contribution is -0.232. The first-order valence-electron chi connectivity index (χ1n) is 13.2.